The molecule has 0 heterocycles. The summed E-state index contributed by atoms with van der Waals surface area (Å²) < 4.78 is 5.06. The summed E-state index contributed by atoms with van der Waals surface area (Å²) in [5, 5.41) is 8.77. The van der Waals surface area contributed by atoms with E-state index >= 15 is 0 Å². The lowest BCUT2D eigenvalue weighted by Gasteiger charge is -2.21. The van der Waals surface area contributed by atoms with Crippen LogP contribution in [0.1, 0.15) is 64.7 Å². The Morgan fingerprint density at radius 2 is 1.55 bits per heavy atom. The average Bonchev–Trinajstić information content (AvgIpc) is 2.43. The van der Waals surface area contributed by atoms with Crippen molar-refractivity contribution in [2.75, 3.05) is 33.4 Å². The molecule has 0 fully saturated rings. The van der Waals surface area contributed by atoms with Crippen LogP contribution in [-0.4, -0.2) is 49.3 Å². The Balaban J connectivity index is 3.64. The molecule has 0 rings (SSSR count). The van der Waals surface area contributed by atoms with Crippen molar-refractivity contribution in [3.05, 3.63) is 0 Å². The number of hydrogen-bond acceptors (Lipinski definition) is 3. The molecule has 0 aromatic rings. The molecule has 1 N–H and O–H groups in total. The average molecular weight is 287 g/mol. The highest BCUT2D eigenvalue weighted by Gasteiger charge is 2.07. The van der Waals surface area contributed by atoms with Crippen LogP contribution in [0.25, 0.3) is 0 Å². The second-order valence-corrected chi connectivity index (χ2v) is 5.45. The Bertz CT molecular complexity index is 222. The molecule has 0 radical (unpaired) electrons. The number of carboxylic acid groups (broad SMARTS) is 1. The maximum absolute atomic E-state index is 10.7. The highest BCUT2D eigenvalue weighted by Crippen LogP contribution is 2.08. The van der Waals surface area contributed by atoms with Gasteiger partial charge in [0.25, 0.3) is 0 Å². The van der Waals surface area contributed by atoms with E-state index < -0.39 is 5.97 Å². The van der Waals surface area contributed by atoms with E-state index in [4.69, 9.17) is 9.84 Å². The molecule has 0 aliphatic rings. The summed E-state index contributed by atoms with van der Waals surface area (Å²) in [6.45, 7) is 5.61. The van der Waals surface area contributed by atoms with Crippen LogP contribution in [0.2, 0.25) is 0 Å². The predicted molar refractivity (Wildman–Crippen MR) is 83.2 cm³/mol. The summed E-state index contributed by atoms with van der Waals surface area (Å²) in [5.74, 6) is -0.707. The summed E-state index contributed by atoms with van der Waals surface area (Å²) in [4.78, 5) is 12.9. The molecule has 4 nitrogen and oxygen atoms in total. The summed E-state index contributed by atoms with van der Waals surface area (Å²) in [5.41, 5.74) is 0. The second-order valence-electron chi connectivity index (χ2n) is 5.45. The van der Waals surface area contributed by atoms with E-state index in [2.05, 4.69) is 11.8 Å². The van der Waals surface area contributed by atoms with Crippen molar-refractivity contribution < 1.29 is 14.6 Å². The monoisotopic (exact) mass is 287 g/mol. The van der Waals surface area contributed by atoms with Crippen molar-refractivity contribution in [3.8, 4) is 0 Å². The number of unbranched alkanes of at least 4 members (excludes halogenated alkanes) is 6. The fraction of sp³-hybridized carbons (Fsp3) is 0.938. The standard InChI is InChI=1S/C16H33NO3/c1-3-4-5-6-7-8-9-12-17(13-10-15-20-2)14-11-16(18)19/h3-15H2,1-2H3,(H,18,19). The molecule has 0 spiro atoms. The zero-order chi connectivity index (χ0) is 15.1. The molecule has 0 saturated carbocycles. The smallest absolute Gasteiger partial charge is 0.304 e. The normalized spacial score (nSPS) is 11.2. The van der Waals surface area contributed by atoms with Gasteiger partial charge in [0.15, 0.2) is 0 Å². The van der Waals surface area contributed by atoms with Crippen molar-refractivity contribution in [3.63, 3.8) is 0 Å². The number of nitrogens with zero attached hydrogens (tertiary/aromatic N) is 1. The van der Waals surface area contributed by atoms with Gasteiger partial charge in [-0.2, -0.15) is 0 Å². The van der Waals surface area contributed by atoms with Crippen LogP contribution >= 0.6 is 0 Å². The molecule has 20 heavy (non-hydrogen) atoms. The second kappa shape index (κ2) is 14.8. The summed E-state index contributed by atoms with van der Waals surface area (Å²) in [7, 11) is 1.71. The summed E-state index contributed by atoms with van der Waals surface area (Å²) in [6, 6.07) is 0. The van der Waals surface area contributed by atoms with Gasteiger partial charge >= 0.3 is 5.97 Å². The first-order chi connectivity index (χ1) is 9.70. The van der Waals surface area contributed by atoms with Gasteiger partial charge in [-0.15, -0.1) is 0 Å². The molecular weight excluding hydrogens is 254 g/mol. The number of carboxylic acids is 1. The number of ether oxygens (including phenoxy) is 1. The Morgan fingerprint density at radius 1 is 0.950 bits per heavy atom. The number of hydrogen-bond donors (Lipinski definition) is 1. The van der Waals surface area contributed by atoms with Gasteiger partial charge in [0.05, 0.1) is 6.42 Å². The Hall–Kier alpha value is -0.610. The van der Waals surface area contributed by atoms with Gasteiger partial charge in [-0.25, -0.2) is 0 Å². The van der Waals surface area contributed by atoms with Crippen LogP contribution in [0, 0.1) is 0 Å². The molecule has 0 aliphatic carbocycles. The minimum absolute atomic E-state index is 0.240. The number of carbonyl (C=O) groups is 1. The van der Waals surface area contributed by atoms with Crippen molar-refractivity contribution in [2.24, 2.45) is 0 Å². The minimum Gasteiger partial charge on any atom is -0.481 e. The van der Waals surface area contributed by atoms with E-state index in [1.165, 1.54) is 44.9 Å². The van der Waals surface area contributed by atoms with Crippen molar-refractivity contribution >= 4 is 5.97 Å². The molecule has 120 valence electrons. The third-order valence-electron chi connectivity index (χ3n) is 3.54. The molecule has 0 amide bonds. The molecule has 0 atom stereocenters. The predicted octanol–water partition coefficient (Wildman–Crippen LogP) is 3.55. The summed E-state index contributed by atoms with van der Waals surface area (Å²) in [6.07, 6.45) is 10.3. The number of rotatable bonds is 15. The summed E-state index contributed by atoms with van der Waals surface area (Å²) >= 11 is 0. The van der Waals surface area contributed by atoms with Crippen LogP contribution in [0.5, 0.6) is 0 Å². The number of aliphatic carboxylic acids is 1. The van der Waals surface area contributed by atoms with Gasteiger partial charge in [0.2, 0.25) is 0 Å². The van der Waals surface area contributed by atoms with Crippen molar-refractivity contribution in [2.45, 2.75) is 64.7 Å². The fourth-order valence-electron chi connectivity index (χ4n) is 2.31. The van der Waals surface area contributed by atoms with Gasteiger partial charge in [-0.1, -0.05) is 45.4 Å². The van der Waals surface area contributed by atoms with E-state index in [1.807, 2.05) is 0 Å². The van der Waals surface area contributed by atoms with E-state index in [0.29, 0.717) is 6.54 Å². The highest BCUT2D eigenvalue weighted by atomic mass is 16.5. The lowest BCUT2D eigenvalue weighted by molar-refractivity contribution is -0.137. The third kappa shape index (κ3) is 13.8. The molecule has 0 bridgehead atoms. The fourth-order valence-corrected chi connectivity index (χ4v) is 2.31. The maximum atomic E-state index is 10.7. The largest absolute Gasteiger partial charge is 0.481 e. The lowest BCUT2D eigenvalue weighted by atomic mass is 10.1. The lowest BCUT2D eigenvalue weighted by Crippen LogP contribution is -2.29. The van der Waals surface area contributed by atoms with Gasteiger partial charge in [0.1, 0.15) is 0 Å². The van der Waals surface area contributed by atoms with Crippen LogP contribution in [0.4, 0.5) is 0 Å². The Morgan fingerprint density at radius 3 is 2.15 bits per heavy atom. The maximum Gasteiger partial charge on any atom is 0.304 e. The SMILES string of the molecule is CCCCCCCCCN(CCCOC)CCC(=O)O. The van der Waals surface area contributed by atoms with Crippen LogP contribution in [-0.2, 0) is 9.53 Å². The van der Waals surface area contributed by atoms with Crippen LogP contribution in [0.15, 0.2) is 0 Å². The zero-order valence-corrected chi connectivity index (χ0v) is 13.4. The highest BCUT2D eigenvalue weighted by molar-refractivity contribution is 5.66. The molecule has 0 aromatic heterocycles. The van der Waals surface area contributed by atoms with Gasteiger partial charge < -0.3 is 14.7 Å². The first kappa shape index (κ1) is 19.4. The molecule has 0 unspecified atom stereocenters. The van der Waals surface area contributed by atoms with Gasteiger partial charge in [0, 0.05) is 26.8 Å². The van der Waals surface area contributed by atoms with E-state index in [-0.39, 0.29) is 6.42 Å². The Kier molecular flexibility index (Phi) is 14.3. The van der Waals surface area contributed by atoms with Gasteiger partial charge in [-0.3, -0.25) is 4.79 Å². The molecule has 0 aliphatic heterocycles. The van der Waals surface area contributed by atoms with E-state index in [1.54, 1.807) is 7.11 Å². The van der Waals surface area contributed by atoms with E-state index in [9.17, 15) is 4.79 Å². The first-order valence-electron chi connectivity index (χ1n) is 8.13. The topological polar surface area (TPSA) is 49.8 Å². The quantitative estimate of drug-likeness (QED) is 0.468. The molecule has 0 aromatic carbocycles. The van der Waals surface area contributed by atoms with Crippen LogP contribution < -0.4 is 0 Å². The van der Waals surface area contributed by atoms with Gasteiger partial charge in [-0.05, 0) is 19.4 Å². The zero-order valence-electron chi connectivity index (χ0n) is 13.4. The molecule has 0 saturated heterocycles. The Labute approximate surface area is 124 Å². The number of methoxy groups -OCH3 is 1. The first-order valence-corrected chi connectivity index (χ1v) is 8.13. The molecular formula is C16H33NO3. The molecule has 4 heteroatoms. The van der Waals surface area contributed by atoms with Crippen molar-refractivity contribution in [1.82, 2.24) is 4.90 Å². The third-order valence-corrected chi connectivity index (χ3v) is 3.54. The minimum atomic E-state index is -0.707. The van der Waals surface area contributed by atoms with E-state index in [0.717, 1.165) is 26.1 Å². The van der Waals surface area contributed by atoms with Crippen LogP contribution in [0.3, 0.4) is 0 Å². The van der Waals surface area contributed by atoms with Crippen molar-refractivity contribution in [1.29, 1.82) is 0 Å².